The van der Waals surface area contributed by atoms with E-state index in [4.69, 9.17) is 16.0 Å². The Morgan fingerprint density at radius 3 is 2.72 bits per heavy atom. The number of aryl methyl sites for hydroxylation is 1. The molecule has 0 unspecified atom stereocenters. The molecule has 0 aliphatic carbocycles. The maximum Gasteiger partial charge on any atom is 0.170 e. The van der Waals surface area contributed by atoms with Crippen LogP contribution in [0.2, 0.25) is 0 Å². The predicted molar refractivity (Wildman–Crippen MR) is 71.7 cm³/mol. The van der Waals surface area contributed by atoms with Gasteiger partial charge >= 0.3 is 0 Å². The standard InChI is InChI=1S/C13H21N3O2/c1-10-8-11(13(14)15-18)4-5-12(10)9-16(2)6-3-7-17/h4-5,8,17-18H,3,6-7,9H2,1-2H3,(H2,14,15). The molecule has 0 bridgehead atoms. The van der Waals surface area contributed by atoms with Crippen molar-refractivity contribution in [1.82, 2.24) is 4.90 Å². The summed E-state index contributed by atoms with van der Waals surface area (Å²) in [5, 5.41) is 20.4. The fraction of sp³-hybridized carbons (Fsp3) is 0.462. The lowest BCUT2D eigenvalue weighted by molar-refractivity contribution is 0.244. The molecule has 18 heavy (non-hydrogen) atoms. The zero-order valence-corrected chi connectivity index (χ0v) is 10.9. The third kappa shape index (κ3) is 4.01. The van der Waals surface area contributed by atoms with Gasteiger partial charge in [-0.2, -0.15) is 0 Å². The predicted octanol–water partition coefficient (Wildman–Crippen LogP) is 0.904. The van der Waals surface area contributed by atoms with Crippen molar-refractivity contribution in [3.8, 4) is 0 Å². The number of aliphatic hydroxyl groups excluding tert-OH is 1. The maximum atomic E-state index is 8.78. The van der Waals surface area contributed by atoms with Crippen molar-refractivity contribution in [1.29, 1.82) is 0 Å². The topological polar surface area (TPSA) is 82.1 Å². The van der Waals surface area contributed by atoms with Gasteiger partial charge in [-0.05, 0) is 37.6 Å². The number of hydrogen-bond donors (Lipinski definition) is 3. The van der Waals surface area contributed by atoms with Crippen LogP contribution < -0.4 is 5.73 Å². The fourth-order valence-corrected chi connectivity index (χ4v) is 1.80. The lowest BCUT2D eigenvalue weighted by Gasteiger charge is -2.17. The Balaban J connectivity index is 2.74. The molecule has 0 spiro atoms. The van der Waals surface area contributed by atoms with Crippen molar-refractivity contribution in [2.24, 2.45) is 10.9 Å². The van der Waals surface area contributed by atoms with Gasteiger partial charge in [0.05, 0.1) is 0 Å². The van der Waals surface area contributed by atoms with Crippen LogP contribution in [0.3, 0.4) is 0 Å². The van der Waals surface area contributed by atoms with Crippen molar-refractivity contribution in [2.75, 3.05) is 20.2 Å². The molecule has 4 N–H and O–H groups in total. The van der Waals surface area contributed by atoms with E-state index in [0.29, 0.717) is 0 Å². The molecule has 0 saturated heterocycles. The largest absolute Gasteiger partial charge is 0.409 e. The lowest BCUT2D eigenvalue weighted by atomic mass is 10.0. The van der Waals surface area contributed by atoms with Gasteiger partial charge in [-0.15, -0.1) is 0 Å². The average Bonchev–Trinajstić information content (AvgIpc) is 2.37. The maximum absolute atomic E-state index is 8.78. The Hall–Kier alpha value is -1.59. The smallest absolute Gasteiger partial charge is 0.170 e. The van der Waals surface area contributed by atoms with Crippen LogP contribution in [0, 0.1) is 6.92 Å². The second-order valence-electron chi connectivity index (χ2n) is 4.44. The van der Waals surface area contributed by atoms with Crippen molar-refractivity contribution in [2.45, 2.75) is 19.9 Å². The summed E-state index contributed by atoms with van der Waals surface area (Å²) in [5.74, 6) is 0.123. The quantitative estimate of drug-likeness (QED) is 0.304. The summed E-state index contributed by atoms with van der Waals surface area (Å²) in [4.78, 5) is 2.15. The van der Waals surface area contributed by atoms with Crippen molar-refractivity contribution >= 4 is 5.84 Å². The molecular weight excluding hydrogens is 230 g/mol. The summed E-state index contributed by atoms with van der Waals surface area (Å²) in [6.45, 7) is 3.90. The molecule has 1 aromatic rings. The number of hydrogen-bond acceptors (Lipinski definition) is 4. The molecule has 1 aromatic carbocycles. The molecule has 0 heterocycles. The number of oxime groups is 1. The molecular formula is C13H21N3O2. The van der Waals surface area contributed by atoms with E-state index in [-0.39, 0.29) is 12.4 Å². The van der Waals surface area contributed by atoms with E-state index < -0.39 is 0 Å². The molecule has 100 valence electrons. The van der Waals surface area contributed by atoms with Gasteiger partial charge in [0.1, 0.15) is 0 Å². The van der Waals surface area contributed by atoms with E-state index >= 15 is 0 Å². The normalized spacial score (nSPS) is 12.1. The molecule has 0 radical (unpaired) electrons. The third-order valence-electron chi connectivity index (χ3n) is 2.88. The zero-order valence-electron chi connectivity index (χ0n) is 10.9. The summed E-state index contributed by atoms with van der Waals surface area (Å²) < 4.78 is 0. The highest BCUT2D eigenvalue weighted by Gasteiger charge is 2.06. The first-order valence-electron chi connectivity index (χ1n) is 5.95. The van der Waals surface area contributed by atoms with Gasteiger partial charge in [-0.1, -0.05) is 17.3 Å². The molecule has 0 aliphatic heterocycles. The summed E-state index contributed by atoms with van der Waals surface area (Å²) in [6, 6.07) is 5.74. The van der Waals surface area contributed by atoms with Gasteiger partial charge in [-0.3, -0.25) is 0 Å². The SMILES string of the molecule is Cc1cc(/C(N)=N/O)ccc1CN(C)CCCO. The Morgan fingerprint density at radius 1 is 1.44 bits per heavy atom. The van der Waals surface area contributed by atoms with E-state index in [9.17, 15) is 0 Å². The molecule has 0 fully saturated rings. The summed E-state index contributed by atoms with van der Waals surface area (Å²) >= 11 is 0. The Morgan fingerprint density at radius 2 is 2.17 bits per heavy atom. The van der Waals surface area contributed by atoms with Gasteiger partial charge < -0.3 is 20.9 Å². The van der Waals surface area contributed by atoms with Crippen LogP contribution >= 0.6 is 0 Å². The minimum absolute atomic E-state index is 0.123. The lowest BCUT2D eigenvalue weighted by Crippen LogP contribution is -2.21. The number of nitrogens with zero attached hydrogens (tertiary/aromatic N) is 2. The van der Waals surface area contributed by atoms with Crippen molar-refractivity contribution in [3.05, 3.63) is 34.9 Å². The molecule has 1 rings (SSSR count). The van der Waals surface area contributed by atoms with Crippen LogP contribution in [0.15, 0.2) is 23.4 Å². The van der Waals surface area contributed by atoms with Crippen LogP contribution in [0.5, 0.6) is 0 Å². The molecule has 5 nitrogen and oxygen atoms in total. The van der Waals surface area contributed by atoms with E-state index in [0.717, 1.165) is 30.6 Å². The van der Waals surface area contributed by atoms with Gasteiger partial charge in [0.25, 0.3) is 0 Å². The Kier molecular flexibility index (Phi) is 5.61. The number of rotatable bonds is 6. The van der Waals surface area contributed by atoms with Gasteiger partial charge in [0.2, 0.25) is 0 Å². The molecule has 0 atom stereocenters. The van der Waals surface area contributed by atoms with Gasteiger partial charge in [-0.25, -0.2) is 0 Å². The second kappa shape index (κ2) is 6.98. The second-order valence-corrected chi connectivity index (χ2v) is 4.44. The van der Waals surface area contributed by atoms with Crippen LogP contribution in [-0.2, 0) is 6.54 Å². The molecule has 0 aliphatic rings. The van der Waals surface area contributed by atoms with Crippen LogP contribution in [-0.4, -0.2) is 41.2 Å². The third-order valence-corrected chi connectivity index (χ3v) is 2.88. The van der Waals surface area contributed by atoms with E-state index in [1.54, 1.807) is 0 Å². The van der Waals surface area contributed by atoms with Crippen LogP contribution in [0.25, 0.3) is 0 Å². The van der Waals surface area contributed by atoms with Gasteiger partial charge in [0, 0.05) is 25.3 Å². The van der Waals surface area contributed by atoms with Crippen molar-refractivity contribution < 1.29 is 10.3 Å². The minimum atomic E-state index is 0.123. The fourth-order valence-electron chi connectivity index (χ4n) is 1.80. The molecule has 5 heteroatoms. The van der Waals surface area contributed by atoms with Crippen molar-refractivity contribution in [3.63, 3.8) is 0 Å². The van der Waals surface area contributed by atoms with E-state index in [2.05, 4.69) is 10.1 Å². The molecule has 0 aromatic heterocycles. The summed E-state index contributed by atoms with van der Waals surface area (Å²) in [7, 11) is 2.02. The molecule has 0 amide bonds. The Labute approximate surface area is 108 Å². The van der Waals surface area contributed by atoms with E-state index in [1.807, 2.05) is 32.2 Å². The van der Waals surface area contributed by atoms with E-state index in [1.165, 1.54) is 5.56 Å². The monoisotopic (exact) mass is 251 g/mol. The van der Waals surface area contributed by atoms with Gasteiger partial charge in [0.15, 0.2) is 5.84 Å². The first-order chi connectivity index (χ1) is 8.58. The number of nitrogens with two attached hydrogens (primary N) is 1. The first kappa shape index (κ1) is 14.5. The summed E-state index contributed by atoms with van der Waals surface area (Å²) in [5.41, 5.74) is 8.57. The highest BCUT2D eigenvalue weighted by Crippen LogP contribution is 2.13. The highest BCUT2D eigenvalue weighted by molar-refractivity contribution is 5.97. The summed E-state index contributed by atoms with van der Waals surface area (Å²) in [6.07, 6.45) is 0.776. The number of aliphatic hydroxyl groups is 1. The first-order valence-corrected chi connectivity index (χ1v) is 5.95. The number of benzene rings is 1. The minimum Gasteiger partial charge on any atom is -0.409 e. The zero-order chi connectivity index (χ0) is 13.5. The average molecular weight is 251 g/mol. The highest BCUT2D eigenvalue weighted by atomic mass is 16.4. The number of amidine groups is 1. The Bertz CT molecular complexity index is 419. The van der Waals surface area contributed by atoms with Crippen LogP contribution in [0.4, 0.5) is 0 Å². The van der Waals surface area contributed by atoms with Crippen LogP contribution in [0.1, 0.15) is 23.1 Å². The molecule has 0 saturated carbocycles.